The Morgan fingerprint density at radius 1 is 0.594 bits per heavy atom. The van der Waals surface area contributed by atoms with Gasteiger partial charge in [0.25, 0.3) is 0 Å². The molecule has 0 aliphatic carbocycles. The van der Waals surface area contributed by atoms with Crippen LogP contribution in [0.3, 0.4) is 0 Å². The van der Waals surface area contributed by atoms with Gasteiger partial charge in [-0.25, -0.2) is 0 Å². The highest BCUT2D eigenvalue weighted by Crippen LogP contribution is 2.54. The van der Waals surface area contributed by atoms with Crippen molar-refractivity contribution in [2.24, 2.45) is 0 Å². The first-order chi connectivity index (χ1) is 15.7. The fourth-order valence-corrected chi connectivity index (χ4v) is 5.46. The first-order valence-electron chi connectivity index (χ1n) is 10.6. The second-order valence-corrected chi connectivity index (χ2v) is 8.90. The maximum Gasteiger partial charge on any atom is 0.197 e. The molecule has 1 heterocycles. The molecule has 0 aromatic heterocycles. The summed E-state index contributed by atoms with van der Waals surface area (Å²) in [6.45, 7) is 0. The summed E-state index contributed by atoms with van der Waals surface area (Å²) in [6, 6.07) is 38.9. The molecule has 0 fully saturated rings. The summed E-state index contributed by atoms with van der Waals surface area (Å²) in [4.78, 5) is 2.07. The van der Waals surface area contributed by atoms with E-state index < -0.39 is 5.72 Å². The van der Waals surface area contributed by atoms with Gasteiger partial charge in [0.2, 0.25) is 0 Å². The molecule has 0 saturated heterocycles. The number of rotatable bonds is 3. The fraction of sp³-hybridized carbons (Fsp3) is 0.0345. The molecule has 1 atom stereocenters. The number of benzene rings is 5. The topological polar surface area (TPSA) is 23.5 Å². The van der Waals surface area contributed by atoms with Gasteiger partial charge in [-0.2, -0.15) is 0 Å². The Kier molecular flexibility index (Phi) is 4.42. The Bertz CT molecular complexity index is 1460. The molecule has 5 aromatic rings. The van der Waals surface area contributed by atoms with E-state index in [2.05, 4.69) is 69.4 Å². The van der Waals surface area contributed by atoms with Crippen molar-refractivity contribution in [2.75, 3.05) is 4.90 Å². The Morgan fingerprint density at radius 2 is 1.22 bits per heavy atom. The standard InChI is InChI=1S/C29H20BrNO/c30-26-18-7-5-15-23(26)22-14-4-6-16-24(22)29(32)25-17-8-10-20-11-9-19-27(28(20)25)31(29)21-12-2-1-3-13-21/h1-19,32H. The summed E-state index contributed by atoms with van der Waals surface area (Å²) in [5.74, 6) is 0. The molecule has 2 nitrogen and oxygen atoms in total. The van der Waals surface area contributed by atoms with Crippen LogP contribution < -0.4 is 4.90 Å². The lowest BCUT2D eigenvalue weighted by Gasteiger charge is -2.38. The average molecular weight is 478 g/mol. The Hall–Kier alpha value is -3.40. The monoisotopic (exact) mass is 477 g/mol. The molecule has 154 valence electrons. The summed E-state index contributed by atoms with van der Waals surface area (Å²) < 4.78 is 0.996. The first kappa shape index (κ1) is 19.3. The smallest absolute Gasteiger partial charge is 0.197 e. The molecular formula is C29H20BrNO. The molecule has 0 spiro atoms. The minimum absolute atomic E-state index is 0.847. The molecule has 6 rings (SSSR count). The lowest BCUT2D eigenvalue weighted by Crippen LogP contribution is -2.41. The molecule has 1 N–H and O–H groups in total. The van der Waals surface area contributed by atoms with E-state index in [4.69, 9.17) is 0 Å². The van der Waals surface area contributed by atoms with Gasteiger partial charge in [0, 0.05) is 26.7 Å². The Labute approximate surface area is 195 Å². The number of anilines is 2. The van der Waals surface area contributed by atoms with Crippen molar-refractivity contribution >= 4 is 38.1 Å². The van der Waals surface area contributed by atoms with Crippen LogP contribution in [-0.4, -0.2) is 5.11 Å². The van der Waals surface area contributed by atoms with Gasteiger partial charge in [-0.3, -0.25) is 0 Å². The highest BCUT2D eigenvalue weighted by molar-refractivity contribution is 9.10. The Morgan fingerprint density at radius 3 is 2.00 bits per heavy atom. The van der Waals surface area contributed by atoms with Gasteiger partial charge in [0.15, 0.2) is 5.72 Å². The molecule has 3 heteroatoms. The molecule has 1 aliphatic heterocycles. The Balaban J connectivity index is 1.71. The molecule has 0 bridgehead atoms. The van der Waals surface area contributed by atoms with Crippen molar-refractivity contribution in [1.29, 1.82) is 0 Å². The lowest BCUT2D eigenvalue weighted by molar-refractivity contribution is 0.0944. The van der Waals surface area contributed by atoms with Crippen LogP contribution in [0.15, 0.2) is 120 Å². The van der Waals surface area contributed by atoms with Gasteiger partial charge < -0.3 is 10.0 Å². The number of para-hydroxylation sites is 1. The number of nitrogens with zero attached hydrogens (tertiary/aromatic N) is 1. The third kappa shape index (κ3) is 2.68. The van der Waals surface area contributed by atoms with Crippen molar-refractivity contribution in [3.05, 3.63) is 131 Å². The van der Waals surface area contributed by atoms with Crippen molar-refractivity contribution in [3.63, 3.8) is 0 Å². The van der Waals surface area contributed by atoms with E-state index >= 15 is 0 Å². The van der Waals surface area contributed by atoms with Gasteiger partial charge in [-0.05, 0) is 40.8 Å². The van der Waals surface area contributed by atoms with E-state index in [1.165, 1.54) is 0 Å². The zero-order valence-electron chi connectivity index (χ0n) is 17.2. The molecule has 1 unspecified atom stereocenters. The van der Waals surface area contributed by atoms with E-state index in [9.17, 15) is 5.11 Å². The van der Waals surface area contributed by atoms with Crippen molar-refractivity contribution in [3.8, 4) is 11.1 Å². The zero-order chi connectivity index (χ0) is 21.7. The van der Waals surface area contributed by atoms with Crippen LogP contribution in [0.5, 0.6) is 0 Å². The highest BCUT2D eigenvalue weighted by Gasteiger charge is 2.47. The molecule has 5 aromatic carbocycles. The van der Waals surface area contributed by atoms with Gasteiger partial charge in [0.1, 0.15) is 0 Å². The summed E-state index contributed by atoms with van der Waals surface area (Å²) in [5.41, 5.74) is 4.37. The maximum atomic E-state index is 12.8. The second kappa shape index (κ2) is 7.33. The predicted molar refractivity (Wildman–Crippen MR) is 135 cm³/mol. The molecular weight excluding hydrogens is 458 g/mol. The van der Waals surface area contributed by atoms with Gasteiger partial charge >= 0.3 is 0 Å². The van der Waals surface area contributed by atoms with Crippen molar-refractivity contribution in [2.45, 2.75) is 5.72 Å². The van der Waals surface area contributed by atoms with E-state index in [0.717, 1.165) is 48.9 Å². The molecule has 0 amide bonds. The number of hydrogen-bond acceptors (Lipinski definition) is 2. The average Bonchev–Trinajstić information content (AvgIpc) is 3.11. The van der Waals surface area contributed by atoms with Crippen molar-refractivity contribution < 1.29 is 5.11 Å². The quantitative estimate of drug-likeness (QED) is 0.288. The lowest BCUT2D eigenvalue weighted by atomic mass is 9.87. The number of hydrogen-bond donors (Lipinski definition) is 1. The SMILES string of the molecule is OC1(c2ccccc2-c2ccccc2Br)c2cccc3cccc(c23)N1c1ccccc1. The van der Waals surface area contributed by atoms with Crippen LogP contribution in [-0.2, 0) is 5.72 Å². The van der Waals surface area contributed by atoms with Crippen LogP contribution in [0, 0.1) is 0 Å². The number of halogens is 1. The predicted octanol–water partition coefficient (Wildman–Crippen LogP) is 7.61. The fourth-order valence-electron chi connectivity index (χ4n) is 4.96. The van der Waals surface area contributed by atoms with Crippen LogP contribution >= 0.6 is 15.9 Å². The van der Waals surface area contributed by atoms with Crippen LogP contribution in [0.2, 0.25) is 0 Å². The number of aliphatic hydroxyl groups is 1. The summed E-state index contributed by atoms with van der Waals surface area (Å²) >= 11 is 3.72. The van der Waals surface area contributed by atoms with E-state index in [1.807, 2.05) is 66.7 Å². The first-order valence-corrected chi connectivity index (χ1v) is 11.4. The van der Waals surface area contributed by atoms with Gasteiger partial charge in [-0.1, -0.05) is 107 Å². The summed E-state index contributed by atoms with van der Waals surface area (Å²) in [6.07, 6.45) is 0. The zero-order valence-corrected chi connectivity index (χ0v) is 18.8. The van der Waals surface area contributed by atoms with Crippen molar-refractivity contribution in [1.82, 2.24) is 0 Å². The van der Waals surface area contributed by atoms with Crippen LogP contribution in [0.25, 0.3) is 21.9 Å². The van der Waals surface area contributed by atoms with Gasteiger partial charge in [0.05, 0.1) is 5.69 Å². The third-order valence-electron chi connectivity index (χ3n) is 6.30. The van der Waals surface area contributed by atoms with Crippen LogP contribution in [0.4, 0.5) is 11.4 Å². The van der Waals surface area contributed by atoms with E-state index in [-0.39, 0.29) is 0 Å². The molecule has 32 heavy (non-hydrogen) atoms. The van der Waals surface area contributed by atoms with Crippen LogP contribution in [0.1, 0.15) is 11.1 Å². The maximum absolute atomic E-state index is 12.8. The molecule has 0 saturated carbocycles. The summed E-state index contributed by atoms with van der Waals surface area (Å²) in [5, 5.41) is 15.0. The molecule has 0 radical (unpaired) electrons. The van der Waals surface area contributed by atoms with E-state index in [1.54, 1.807) is 0 Å². The third-order valence-corrected chi connectivity index (χ3v) is 7.00. The van der Waals surface area contributed by atoms with Gasteiger partial charge in [-0.15, -0.1) is 0 Å². The normalized spacial score (nSPS) is 17.1. The largest absolute Gasteiger partial charge is 0.363 e. The molecule has 1 aliphatic rings. The summed E-state index contributed by atoms with van der Waals surface area (Å²) in [7, 11) is 0. The minimum Gasteiger partial charge on any atom is -0.363 e. The highest BCUT2D eigenvalue weighted by atomic mass is 79.9. The minimum atomic E-state index is -1.36. The van der Waals surface area contributed by atoms with E-state index in [0.29, 0.717) is 0 Å². The second-order valence-electron chi connectivity index (χ2n) is 8.05.